The minimum absolute atomic E-state index is 0.00684. The first-order valence-electron chi connectivity index (χ1n) is 9.88. The van der Waals surface area contributed by atoms with Gasteiger partial charge in [0, 0.05) is 5.92 Å². The molecule has 2 unspecified atom stereocenters. The van der Waals surface area contributed by atoms with E-state index in [0.29, 0.717) is 6.61 Å². The average molecular weight is 367 g/mol. The average Bonchev–Trinajstić information content (AvgIpc) is 3.04. The van der Waals surface area contributed by atoms with E-state index in [1.165, 1.54) is 22.3 Å². The molecule has 0 aromatic heterocycles. The van der Waals surface area contributed by atoms with E-state index in [-0.39, 0.29) is 17.4 Å². The molecule has 2 atom stereocenters. The summed E-state index contributed by atoms with van der Waals surface area (Å²) in [4.78, 5) is 0. The minimum Gasteiger partial charge on any atom is -0.369 e. The van der Waals surface area contributed by atoms with Gasteiger partial charge in [-0.3, -0.25) is 0 Å². The summed E-state index contributed by atoms with van der Waals surface area (Å²) < 4.78 is 6.38. The zero-order chi connectivity index (χ0) is 19.4. The van der Waals surface area contributed by atoms with E-state index in [0.717, 1.165) is 6.42 Å². The van der Waals surface area contributed by atoms with Crippen molar-refractivity contribution in [3.8, 4) is 0 Å². The van der Waals surface area contributed by atoms with Crippen molar-refractivity contribution in [1.82, 2.24) is 0 Å². The second-order valence-electron chi connectivity index (χ2n) is 7.30. The third kappa shape index (κ3) is 2.83. The van der Waals surface area contributed by atoms with Crippen LogP contribution in [0, 0.1) is 5.92 Å². The van der Waals surface area contributed by atoms with Crippen LogP contribution < -0.4 is 0 Å². The summed E-state index contributed by atoms with van der Waals surface area (Å²) in [5.41, 5.74) is 4.91. The lowest BCUT2D eigenvalue weighted by atomic mass is 9.64. The van der Waals surface area contributed by atoms with E-state index in [9.17, 15) is 0 Å². The first kappa shape index (κ1) is 18.5. The summed E-state index contributed by atoms with van der Waals surface area (Å²) in [5, 5.41) is 0. The predicted octanol–water partition coefficient (Wildman–Crippen LogP) is 6.47. The fourth-order valence-corrected chi connectivity index (χ4v) is 4.91. The molecule has 0 aliphatic heterocycles. The Morgan fingerprint density at radius 3 is 1.89 bits per heavy atom. The van der Waals surface area contributed by atoms with Gasteiger partial charge in [-0.25, -0.2) is 0 Å². The van der Waals surface area contributed by atoms with Crippen LogP contribution in [0.4, 0.5) is 0 Å². The van der Waals surface area contributed by atoms with Gasteiger partial charge in [-0.15, -0.1) is 13.2 Å². The zero-order valence-electron chi connectivity index (χ0n) is 16.1. The van der Waals surface area contributed by atoms with Crippen molar-refractivity contribution in [2.24, 2.45) is 5.92 Å². The maximum atomic E-state index is 6.38. The molecule has 1 aliphatic rings. The van der Waals surface area contributed by atoms with Crippen molar-refractivity contribution < 1.29 is 4.74 Å². The molecule has 140 valence electrons. The smallest absolute Gasteiger partial charge is 0.0878 e. The van der Waals surface area contributed by atoms with E-state index >= 15 is 0 Å². The molecule has 1 heteroatoms. The van der Waals surface area contributed by atoms with Gasteiger partial charge in [0.2, 0.25) is 0 Å². The van der Waals surface area contributed by atoms with Crippen LogP contribution in [0.5, 0.6) is 0 Å². The molecule has 3 aromatic carbocycles. The van der Waals surface area contributed by atoms with Crippen molar-refractivity contribution in [2.75, 3.05) is 6.61 Å². The highest BCUT2D eigenvalue weighted by Gasteiger charge is 2.53. The highest BCUT2D eigenvalue weighted by atomic mass is 16.5. The van der Waals surface area contributed by atoms with E-state index in [4.69, 9.17) is 4.74 Å². The molecule has 0 N–H and O–H groups in total. The summed E-state index contributed by atoms with van der Waals surface area (Å²) in [6.45, 7) is 8.47. The largest absolute Gasteiger partial charge is 0.369 e. The van der Waals surface area contributed by atoms with Crippen molar-refractivity contribution in [2.45, 2.75) is 17.9 Å². The van der Waals surface area contributed by atoms with Gasteiger partial charge in [0.1, 0.15) is 0 Å². The SMILES string of the molecule is C=CCOC1c2ccccc2C(c2ccccc2)(c2ccccc2)C1CC=C. The Balaban J connectivity index is 2.05. The van der Waals surface area contributed by atoms with Gasteiger partial charge in [-0.2, -0.15) is 0 Å². The molecule has 0 saturated carbocycles. The molecule has 0 spiro atoms. The molecule has 0 amide bonds. The van der Waals surface area contributed by atoms with Crippen LogP contribution in [-0.4, -0.2) is 6.61 Å². The lowest BCUT2D eigenvalue weighted by molar-refractivity contribution is 0.0257. The molecule has 28 heavy (non-hydrogen) atoms. The molecule has 4 rings (SSSR count). The highest BCUT2D eigenvalue weighted by molar-refractivity contribution is 5.58. The molecular weight excluding hydrogens is 340 g/mol. The standard InChI is InChI=1S/C27H26O/c1-3-13-25-26(28-20-4-2)23-18-11-12-19-24(23)27(25,21-14-7-5-8-15-21)22-16-9-6-10-17-22/h3-12,14-19,25-26H,1-2,13,20H2. The van der Waals surface area contributed by atoms with Crippen molar-refractivity contribution in [3.63, 3.8) is 0 Å². The number of ether oxygens (including phenoxy) is 1. The lowest BCUT2D eigenvalue weighted by Crippen LogP contribution is -2.36. The molecule has 0 radical (unpaired) electrons. The molecule has 1 aliphatic carbocycles. The number of fused-ring (bicyclic) bond motifs is 1. The van der Waals surface area contributed by atoms with Crippen molar-refractivity contribution in [1.29, 1.82) is 0 Å². The van der Waals surface area contributed by atoms with Crippen LogP contribution in [0.2, 0.25) is 0 Å². The number of hydrogen-bond acceptors (Lipinski definition) is 1. The summed E-state index contributed by atoms with van der Waals surface area (Å²) in [6.07, 6.45) is 4.72. The number of allylic oxidation sites excluding steroid dienone is 1. The third-order valence-electron chi connectivity index (χ3n) is 5.89. The Labute approximate surface area is 168 Å². The molecule has 1 nitrogen and oxygen atoms in total. The zero-order valence-corrected chi connectivity index (χ0v) is 16.1. The van der Waals surface area contributed by atoms with Gasteiger partial charge in [0.05, 0.1) is 18.1 Å². The van der Waals surface area contributed by atoms with Gasteiger partial charge in [-0.1, -0.05) is 97.1 Å². The molecule has 0 fully saturated rings. The Kier molecular flexibility index (Phi) is 5.27. The minimum atomic E-state index is -0.279. The van der Waals surface area contributed by atoms with Crippen LogP contribution in [-0.2, 0) is 10.2 Å². The second-order valence-corrected chi connectivity index (χ2v) is 7.30. The number of rotatable bonds is 7. The Bertz CT molecular complexity index is 903. The normalized spacial score (nSPS) is 19.7. The Morgan fingerprint density at radius 2 is 1.32 bits per heavy atom. The first-order chi connectivity index (χ1) is 13.8. The van der Waals surface area contributed by atoms with Crippen molar-refractivity contribution >= 4 is 0 Å². The maximum Gasteiger partial charge on any atom is 0.0878 e. The van der Waals surface area contributed by atoms with Gasteiger partial charge in [0.15, 0.2) is 0 Å². The van der Waals surface area contributed by atoms with E-state index in [1.807, 2.05) is 12.2 Å². The van der Waals surface area contributed by atoms with Gasteiger partial charge >= 0.3 is 0 Å². The van der Waals surface area contributed by atoms with E-state index in [1.54, 1.807) is 0 Å². The van der Waals surface area contributed by atoms with Gasteiger partial charge < -0.3 is 4.74 Å². The topological polar surface area (TPSA) is 9.23 Å². The van der Waals surface area contributed by atoms with E-state index in [2.05, 4.69) is 98.1 Å². The fourth-order valence-electron chi connectivity index (χ4n) is 4.91. The number of benzene rings is 3. The van der Waals surface area contributed by atoms with Gasteiger partial charge in [0.25, 0.3) is 0 Å². The van der Waals surface area contributed by atoms with E-state index < -0.39 is 0 Å². The van der Waals surface area contributed by atoms with Crippen LogP contribution in [0.3, 0.4) is 0 Å². The molecular formula is C27H26O. The van der Waals surface area contributed by atoms with Crippen LogP contribution in [0.1, 0.15) is 34.8 Å². The Morgan fingerprint density at radius 1 is 0.750 bits per heavy atom. The fraction of sp³-hybridized carbons (Fsp3) is 0.185. The number of hydrogen-bond donors (Lipinski definition) is 0. The molecule has 3 aromatic rings. The quantitative estimate of drug-likeness (QED) is 0.435. The predicted molar refractivity (Wildman–Crippen MR) is 116 cm³/mol. The summed E-state index contributed by atoms with van der Waals surface area (Å²) in [7, 11) is 0. The summed E-state index contributed by atoms with van der Waals surface area (Å²) in [5.74, 6) is 0.215. The van der Waals surface area contributed by atoms with Crippen LogP contribution >= 0.6 is 0 Å². The monoisotopic (exact) mass is 366 g/mol. The summed E-state index contributed by atoms with van der Waals surface area (Å²) in [6, 6.07) is 30.4. The second kappa shape index (κ2) is 8.00. The lowest BCUT2D eigenvalue weighted by Gasteiger charge is -2.39. The van der Waals surface area contributed by atoms with Crippen molar-refractivity contribution in [3.05, 3.63) is 132 Å². The summed E-state index contributed by atoms with van der Waals surface area (Å²) >= 11 is 0. The van der Waals surface area contributed by atoms with Gasteiger partial charge in [-0.05, 0) is 28.7 Å². The maximum absolute atomic E-state index is 6.38. The molecule has 0 heterocycles. The van der Waals surface area contributed by atoms with Crippen LogP contribution in [0.15, 0.2) is 110 Å². The molecule has 0 saturated heterocycles. The third-order valence-corrected chi connectivity index (χ3v) is 5.89. The highest BCUT2D eigenvalue weighted by Crippen LogP contribution is 2.59. The van der Waals surface area contributed by atoms with Crippen LogP contribution in [0.25, 0.3) is 0 Å². The first-order valence-corrected chi connectivity index (χ1v) is 9.88. The Hall–Kier alpha value is -2.90. The molecule has 0 bridgehead atoms.